The SMILES string of the molecule is O=CN(c1cc(F)cc(C2CC2)c1)[C@H](C(=O)NC1CC(F)(F)C1)c1ccccc1Cl. The van der Waals surface area contributed by atoms with Crippen LogP contribution in [0.5, 0.6) is 0 Å². The fourth-order valence-electron chi connectivity index (χ4n) is 3.83. The van der Waals surface area contributed by atoms with Gasteiger partial charge in [0.15, 0.2) is 0 Å². The smallest absolute Gasteiger partial charge is 0.252 e. The summed E-state index contributed by atoms with van der Waals surface area (Å²) in [6.45, 7) is 0. The van der Waals surface area contributed by atoms with Crippen LogP contribution in [-0.2, 0) is 9.59 Å². The van der Waals surface area contributed by atoms with Gasteiger partial charge in [-0.3, -0.25) is 14.5 Å². The van der Waals surface area contributed by atoms with Gasteiger partial charge in [-0.2, -0.15) is 0 Å². The number of halogens is 4. The zero-order chi connectivity index (χ0) is 21.5. The molecule has 158 valence electrons. The summed E-state index contributed by atoms with van der Waals surface area (Å²) in [5.41, 5.74) is 1.30. The second kappa shape index (κ2) is 7.95. The summed E-state index contributed by atoms with van der Waals surface area (Å²) in [5.74, 6) is -3.73. The summed E-state index contributed by atoms with van der Waals surface area (Å²) in [4.78, 5) is 26.3. The third-order valence-electron chi connectivity index (χ3n) is 5.53. The molecule has 2 aromatic rings. The van der Waals surface area contributed by atoms with Crippen LogP contribution in [0.15, 0.2) is 42.5 Å². The Hall–Kier alpha value is -2.54. The van der Waals surface area contributed by atoms with E-state index in [1.165, 1.54) is 12.1 Å². The van der Waals surface area contributed by atoms with Gasteiger partial charge in [-0.1, -0.05) is 29.8 Å². The number of hydrogen-bond acceptors (Lipinski definition) is 2. The number of carbonyl (C=O) groups excluding carboxylic acids is 2. The number of nitrogens with zero attached hydrogens (tertiary/aromatic N) is 1. The van der Waals surface area contributed by atoms with Crippen molar-refractivity contribution in [3.05, 3.63) is 64.4 Å². The van der Waals surface area contributed by atoms with Crippen molar-refractivity contribution < 1.29 is 22.8 Å². The molecule has 2 fully saturated rings. The molecule has 30 heavy (non-hydrogen) atoms. The van der Waals surface area contributed by atoms with E-state index in [-0.39, 0.29) is 16.6 Å². The molecule has 0 saturated heterocycles. The maximum Gasteiger partial charge on any atom is 0.252 e. The quantitative estimate of drug-likeness (QED) is 0.623. The highest BCUT2D eigenvalue weighted by Crippen LogP contribution is 2.42. The first-order valence-corrected chi connectivity index (χ1v) is 10.1. The summed E-state index contributed by atoms with van der Waals surface area (Å²) < 4.78 is 40.7. The van der Waals surface area contributed by atoms with Crippen LogP contribution in [0.3, 0.4) is 0 Å². The molecule has 0 radical (unpaired) electrons. The number of alkyl halides is 2. The maximum atomic E-state index is 14.3. The topological polar surface area (TPSA) is 49.4 Å². The van der Waals surface area contributed by atoms with Crippen LogP contribution in [0.2, 0.25) is 5.02 Å². The van der Waals surface area contributed by atoms with Crippen LogP contribution in [-0.4, -0.2) is 24.3 Å². The number of anilines is 1. The minimum atomic E-state index is -2.80. The lowest BCUT2D eigenvalue weighted by Gasteiger charge is -2.37. The molecular formula is C22H20ClF3N2O2. The average molecular weight is 437 g/mol. The standard InChI is InChI=1S/C22H20ClF3N2O2/c23-19-4-2-1-3-18(19)20(21(30)27-16-10-22(25,26)11-16)28(12-29)17-8-14(13-5-6-13)7-15(24)9-17/h1-4,7-9,12-13,16,20H,5-6,10-11H2,(H,27,30)/t20-/m0/s1. The van der Waals surface area contributed by atoms with Gasteiger partial charge in [0, 0.05) is 35.2 Å². The Kier molecular flexibility index (Phi) is 5.49. The third-order valence-corrected chi connectivity index (χ3v) is 5.87. The van der Waals surface area contributed by atoms with E-state index in [4.69, 9.17) is 11.6 Å². The number of amides is 2. The first-order chi connectivity index (χ1) is 14.3. The van der Waals surface area contributed by atoms with Gasteiger partial charge in [-0.25, -0.2) is 13.2 Å². The number of rotatable bonds is 7. The number of carbonyl (C=O) groups is 2. The predicted molar refractivity (Wildman–Crippen MR) is 107 cm³/mol. The molecule has 8 heteroatoms. The van der Waals surface area contributed by atoms with Crippen molar-refractivity contribution in [3.8, 4) is 0 Å². The zero-order valence-corrected chi connectivity index (χ0v) is 16.7. The molecule has 1 atom stereocenters. The molecule has 4 nitrogen and oxygen atoms in total. The fraction of sp³-hybridized carbons (Fsp3) is 0.364. The van der Waals surface area contributed by atoms with Gasteiger partial charge < -0.3 is 5.32 Å². The average Bonchev–Trinajstić information content (AvgIpc) is 3.50. The highest BCUT2D eigenvalue weighted by atomic mass is 35.5. The molecule has 0 unspecified atom stereocenters. The van der Waals surface area contributed by atoms with Crippen molar-refractivity contribution in [1.29, 1.82) is 0 Å². The van der Waals surface area contributed by atoms with Gasteiger partial charge >= 0.3 is 0 Å². The summed E-state index contributed by atoms with van der Waals surface area (Å²) in [5, 5.41) is 2.81. The molecule has 2 saturated carbocycles. The Morgan fingerprint density at radius 2 is 1.90 bits per heavy atom. The summed E-state index contributed by atoms with van der Waals surface area (Å²) in [6.07, 6.45) is 1.40. The maximum absolute atomic E-state index is 14.3. The second-order valence-electron chi connectivity index (χ2n) is 7.92. The zero-order valence-electron chi connectivity index (χ0n) is 16.0. The Balaban J connectivity index is 1.69. The largest absolute Gasteiger partial charge is 0.351 e. The molecule has 0 heterocycles. The fourth-order valence-corrected chi connectivity index (χ4v) is 4.07. The minimum absolute atomic E-state index is 0.214. The Labute approximate surface area is 177 Å². The molecule has 2 aliphatic carbocycles. The van der Waals surface area contributed by atoms with Gasteiger partial charge in [0.25, 0.3) is 5.92 Å². The van der Waals surface area contributed by atoms with Crippen molar-refractivity contribution in [1.82, 2.24) is 5.32 Å². The lowest BCUT2D eigenvalue weighted by atomic mass is 9.87. The van der Waals surface area contributed by atoms with Crippen molar-refractivity contribution in [3.63, 3.8) is 0 Å². The predicted octanol–water partition coefficient (Wildman–Crippen LogP) is 4.97. The molecule has 0 aromatic heterocycles. The van der Waals surface area contributed by atoms with E-state index in [9.17, 15) is 22.8 Å². The van der Waals surface area contributed by atoms with Crippen LogP contribution in [0.1, 0.15) is 48.8 Å². The van der Waals surface area contributed by atoms with Crippen molar-refractivity contribution >= 4 is 29.6 Å². The highest BCUT2D eigenvalue weighted by molar-refractivity contribution is 6.31. The van der Waals surface area contributed by atoms with Crippen LogP contribution < -0.4 is 10.2 Å². The second-order valence-corrected chi connectivity index (χ2v) is 8.33. The molecular weight excluding hydrogens is 417 g/mol. The highest BCUT2D eigenvalue weighted by Gasteiger charge is 2.47. The first kappa shape index (κ1) is 20.7. The van der Waals surface area contributed by atoms with Gasteiger partial charge in [-0.05, 0) is 48.6 Å². The van der Waals surface area contributed by atoms with Crippen LogP contribution in [0.25, 0.3) is 0 Å². The van der Waals surface area contributed by atoms with E-state index in [0.717, 1.165) is 23.3 Å². The minimum Gasteiger partial charge on any atom is -0.351 e. The Morgan fingerprint density at radius 3 is 2.50 bits per heavy atom. The van der Waals surface area contributed by atoms with Gasteiger partial charge in [0.05, 0.1) is 0 Å². The molecule has 2 aliphatic rings. The van der Waals surface area contributed by atoms with Crippen molar-refractivity contribution in [2.24, 2.45) is 0 Å². The summed E-state index contributed by atoms with van der Waals surface area (Å²) in [6, 6.07) is 8.84. The van der Waals surface area contributed by atoms with Crippen LogP contribution in [0, 0.1) is 5.82 Å². The molecule has 0 bridgehead atoms. The van der Waals surface area contributed by atoms with E-state index in [1.807, 2.05) is 0 Å². The van der Waals surface area contributed by atoms with Crippen LogP contribution in [0.4, 0.5) is 18.9 Å². The molecule has 0 spiro atoms. The molecule has 2 amide bonds. The third kappa shape index (κ3) is 4.31. The van der Waals surface area contributed by atoms with Gasteiger partial charge in [0.1, 0.15) is 11.9 Å². The Morgan fingerprint density at radius 1 is 1.20 bits per heavy atom. The monoisotopic (exact) mass is 436 g/mol. The molecule has 1 N–H and O–H groups in total. The van der Waals surface area contributed by atoms with Crippen molar-refractivity contribution in [2.75, 3.05) is 4.90 Å². The summed E-state index contributed by atoms with van der Waals surface area (Å²) in [7, 11) is 0. The lowest BCUT2D eigenvalue weighted by Crippen LogP contribution is -2.53. The molecule has 4 rings (SSSR count). The van der Waals surface area contributed by atoms with E-state index >= 15 is 0 Å². The van der Waals surface area contributed by atoms with Crippen molar-refractivity contribution in [2.45, 2.75) is 49.6 Å². The number of hydrogen-bond donors (Lipinski definition) is 1. The van der Waals surface area contributed by atoms with E-state index < -0.39 is 42.6 Å². The Bertz CT molecular complexity index is 973. The van der Waals surface area contributed by atoms with Crippen LogP contribution >= 0.6 is 11.6 Å². The van der Waals surface area contributed by atoms with Gasteiger partial charge in [-0.15, -0.1) is 0 Å². The lowest BCUT2D eigenvalue weighted by molar-refractivity contribution is -0.131. The van der Waals surface area contributed by atoms with E-state index in [0.29, 0.717) is 12.0 Å². The van der Waals surface area contributed by atoms with E-state index in [2.05, 4.69) is 5.32 Å². The summed E-state index contributed by atoms with van der Waals surface area (Å²) >= 11 is 6.29. The normalized spacial score (nSPS) is 18.9. The first-order valence-electron chi connectivity index (χ1n) is 9.74. The van der Waals surface area contributed by atoms with Gasteiger partial charge in [0.2, 0.25) is 12.3 Å². The van der Waals surface area contributed by atoms with E-state index in [1.54, 1.807) is 30.3 Å². The molecule has 2 aromatic carbocycles. The number of nitrogens with one attached hydrogen (secondary N) is 1. The number of benzene rings is 2. The molecule has 0 aliphatic heterocycles.